The van der Waals surface area contributed by atoms with Gasteiger partial charge in [0.15, 0.2) is 0 Å². The van der Waals surface area contributed by atoms with Crippen molar-refractivity contribution in [2.24, 2.45) is 0 Å². The molecule has 0 aliphatic rings. The van der Waals surface area contributed by atoms with Gasteiger partial charge in [-0.2, -0.15) is 0 Å². The van der Waals surface area contributed by atoms with Crippen molar-refractivity contribution < 1.29 is 19.8 Å². The Labute approximate surface area is 128 Å². The van der Waals surface area contributed by atoms with E-state index in [1.807, 2.05) is 13.8 Å². The lowest BCUT2D eigenvalue weighted by atomic mass is 9.93. The second-order valence-corrected chi connectivity index (χ2v) is 5.09. The fourth-order valence-electron chi connectivity index (χ4n) is 2.19. The number of carboxylic acid groups (broad SMARTS) is 2. The van der Waals surface area contributed by atoms with Crippen LogP contribution in [0.4, 0.5) is 0 Å². The SMILES string of the molecule is Cc1ccc(/C(C(=O)O)=C(\C(=O)O)c2ccc(C)cc2)cc1. The zero-order chi connectivity index (χ0) is 16.3. The summed E-state index contributed by atoms with van der Waals surface area (Å²) in [6, 6.07) is 13.5. The lowest BCUT2D eigenvalue weighted by Gasteiger charge is -2.10. The Bertz CT molecular complexity index is 672. The highest BCUT2D eigenvalue weighted by molar-refractivity contribution is 6.36. The summed E-state index contributed by atoms with van der Waals surface area (Å²) < 4.78 is 0. The van der Waals surface area contributed by atoms with E-state index in [0.717, 1.165) is 11.1 Å². The summed E-state index contributed by atoms with van der Waals surface area (Å²) in [4.78, 5) is 23.3. The Morgan fingerprint density at radius 2 is 0.909 bits per heavy atom. The third-order valence-electron chi connectivity index (χ3n) is 3.36. The Kier molecular flexibility index (Phi) is 4.41. The van der Waals surface area contributed by atoms with Crippen molar-refractivity contribution in [1.82, 2.24) is 0 Å². The van der Waals surface area contributed by atoms with Gasteiger partial charge in [0.25, 0.3) is 0 Å². The standard InChI is InChI=1S/C18H16O4/c1-11-3-7-13(8-4-11)15(17(19)20)16(18(21)22)14-9-5-12(2)6-10-14/h3-10H,1-2H3,(H,19,20)(H,21,22)/b16-15+. The van der Waals surface area contributed by atoms with Crippen LogP contribution in [0.1, 0.15) is 22.3 Å². The molecule has 0 amide bonds. The molecule has 22 heavy (non-hydrogen) atoms. The number of hydrogen-bond donors (Lipinski definition) is 2. The van der Waals surface area contributed by atoms with Gasteiger partial charge in [-0.3, -0.25) is 0 Å². The van der Waals surface area contributed by atoms with E-state index in [1.54, 1.807) is 48.5 Å². The number of benzene rings is 2. The molecule has 0 radical (unpaired) electrons. The van der Waals surface area contributed by atoms with Crippen LogP contribution in [0, 0.1) is 13.8 Å². The molecule has 2 rings (SSSR count). The van der Waals surface area contributed by atoms with Crippen LogP contribution in [0.5, 0.6) is 0 Å². The van der Waals surface area contributed by atoms with Gasteiger partial charge < -0.3 is 10.2 Å². The maximum absolute atomic E-state index is 11.6. The van der Waals surface area contributed by atoms with Gasteiger partial charge >= 0.3 is 11.9 Å². The van der Waals surface area contributed by atoms with E-state index in [9.17, 15) is 19.8 Å². The molecule has 0 atom stereocenters. The first kappa shape index (κ1) is 15.5. The quantitative estimate of drug-likeness (QED) is 0.670. The van der Waals surface area contributed by atoms with E-state index >= 15 is 0 Å². The minimum absolute atomic E-state index is 0.212. The van der Waals surface area contributed by atoms with Gasteiger partial charge in [0, 0.05) is 0 Å². The van der Waals surface area contributed by atoms with E-state index in [1.165, 1.54) is 0 Å². The third kappa shape index (κ3) is 3.23. The molecule has 0 heterocycles. The zero-order valence-corrected chi connectivity index (χ0v) is 12.3. The number of hydrogen-bond acceptors (Lipinski definition) is 2. The predicted octanol–water partition coefficient (Wildman–Crippen LogP) is 3.38. The van der Waals surface area contributed by atoms with Crippen LogP contribution < -0.4 is 0 Å². The smallest absolute Gasteiger partial charge is 0.337 e. The average Bonchev–Trinajstić information content (AvgIpc) is 2.46. The fourth-order valence-corrected chi connectivity index (χ4v) is 2.19. The van der Waals surface area contributed by atoms with Gasteiger partial charge in [-0.05, 0) is 25.0 Å². The lowest BCUT2D eigenvalue weighted by molar-refractivity contribution is -0.132. The van der Waals surface area contributed by atoms with Crippen molar-refractivity contribution in [2.75, 3.05) is 0 Å². The maximum Gasteiger partial charge on any atom is 0.337 e. The van der Waals surface area contributed by atoms with Crippen LogP contribution in [0.2, 0.25) is 0 Å². The molecule has 0 aromatic heterocycles. The Morgan fingerprint density at radius 1 is 0.636 bits per heavy atom. The van der Waals surface area contributed by atoms with Crippen molar-refractivity contribution >= 4 is 23.1 Å². The Hall–Kier alpha value is -2.88. The molecule has 2 aromatic carbocycles. The Morgan fingerprint density at radius 3 is 1.14 bits per heavy atom. The summed E-state index contributed by atoms with van der Waals surface area (Å²) in [6.45, 7) is 3.76. The molecule has 0 fully saturated rings. The molecule has 2 aromatic rings. The summed E-state index contributed by atoms with van der Waals surface area (Å²) in [7, 11) is 0. The van der Waals surface area contributed by atoms with Crippen LogP contribution in [0.3, 0.4) is 0 Å². The minimum Gasteiger partial charge on any atom is -0.478 e. The molecule has 0 aliphatic carbocycles. The number of carboxylic acids is 2. The monoisotopic (exact) mass is 296 g/mol. The summed E-state index contributed by atoms with van der Waals surface area (Å²) in [5, 5.41) is 19.0. The first-order valence-electron chi connectivity index (χ1n) is 6.75. The largest absolute Gasteiger partial charge is 0.478 e. The van der Waals surface area contributed by atoms with Crippen molar-refractivity contribution in [3.05, 3.63) is 70.8 Å². The molecule has 4 nitrogen and oxygen atoms in total. The summed E-state index contributed by atoms with van der Waals surface area (Å²) in [5.74, 6) is -2.52. The van der Waals surface area contributed by atoms with Gasteiger partial charge in [0.1, 0.15) is 0 Å². The predicted molar refractivity (Wildman–Crippen MR) is 84.4 cm³/mol. The summed E-state index contributed by atoms with van der Waals surface area (Å²) in [5.41, 5.74) is 2.27. The number of rotatable bonds is 4. The molecule has 0 unspecified atom stereocenters. The van der Waals surface area contributed by atoms with Crippen molar-refractivity contribution in [2.45, 2.75) is 13.8 Å². The highest BCUT2D eigenvalue weighted by atomic mass is 16.4. The normalized spacial score (nSPS) is 11.7. The van der Waals surface area contributed by atoms with E-state index in [0.29, 0.717) is 11.1 Å². The third-order valence-corrected chi connectivity index (χ3v) is 3.36. The molecule has 0 saturated carbocycles. The molecule has 0 aliphatic heterocycles. The first-order valence-corrected chi connectivity index (χ1v) is 6.75. The van der Waals surface area contributed by atoms with Crippen LogP contribution >= 0.6 is 0 Å². The van der Waals surface area contributed by atoms with Gasteiger partial charge in [-0.15, -0.1) is 0 Å². The van der Waals surface area contributed by atoms with Crippen LogP contribution in [-0.4, -0.2) is 22.2 Å². The fraction of sp³-hybridized carbons (Fsp3) is 0.111. The van der Waals surface area contributed by atoms with Gasteiger partial charge in [0.05, 0.1) is 11.1 Å². The summed E-state index contributed by atoms with van der Waals surface area (Å²) >= 11 is 0. The minimum atomic E-state index is -1.26. The van der Waals surface area contributed by atoms with Gasteiger partial charge in [-0.25, -0.2) is 9.59 Å². The molecular weight excluding hydrogens is 280 g/mol. The van der Waals surface area contributed by atoms with E-state index in [-0.39, 0.29) is 11.1 Å². The van der Waals surface area contributed by atoms with E-state index in [2.05, 4.69) is 0 Å². The highest BCUT2D eigenvalue weighted by Gasteiger charge is 2.23. The second kappa shape index (κ2) is 6.26. The molecule has 2 N–H and O–H groups in total. The van der Waals surface area contributed by atoms with Crippen molar-refractivity contribution in [1.29, 1.82) is 0 Å². The molecular formula is C18H16O4. The van der Waals surface area contributed by atoms with Gasteiger partial charge in [-0.1, -0.05) is 59.7 Å². The van der Waals surface area contributed by atoms with E-state index < -0.39 is 11.9 Å². The zero-order valence-electron chi connectivity index (χ0n) is 12.3. The number of aliphatic carboxylic acids is 2. The topological polar surface area (TPSA) is 74.6 Å². The second-order valence-electron chi connectivity index (χ2n) is 5.09. The molecule has 112 valence electrons. The van der Waals surface area contributed by atoms with Crippen molar-refractivity contribution in [3.63, 3.8) is 0 Å². The Balaban J connectivity index is 2.73. The van der Waals surface area contributed by atoms with Gasteiger partial charge in [0.2, 0.25) is 0 Å². The van der Waals surface area contributed by atoms with E-state index in [4.69, 9.17) is 0 Å². The number of aryl methyl sites for hydroxylation is 2. The summed E-state index contributed by atoms with van der Waals surface area (Å²) in [6.07, 6.45) is 0. The van der Waals surface area contributed by atoms with Crippen molar-refractivity contribution in [3.8, 4) is 0 Å². The molecule has 0 bridgehead atoms. The molecule has 0 spiro atoms. The maximum atomic E-state index is 11.6. The molecule has 0 saturated heterocycles. The van der Waals surface area contributed by atoms with Crippen LogP contribution in [-0.2, 0) is 9.59 Å². The number of carbonyl (C=O) groups is 2. The lowest BCUT2D eigenvalue weighted by Crippen LogP contribution is -2.10. The van der Waals surface area contributed by atoms with Crippen LogP contribution in [0.15, 0.2) is 48.5 Å². The van der Waals surface area contributed by atoms with Crippen LogP contribution in [0.25, 0.3) is 11.1 Å². The average molecular weight is 296 g/mol. The first-order chi connectivity index (χ1) is 10.4. The highest BCUT2D eigenvalue weighted by Crippen LogP contribution is 2.27. The molecule has 4 heteroatoms.